The highest BCUT2D eigenvalue weighted by Crippen LogP contribution is 2.07. The van der Waals surface area contributed by atoms with Gasteiger partial charge in [0.2, 0.25) is 5.91 Å². The van der Waals surface area contributed by atoms with Gasteiger partial charge >= 0.3 is 5.97 Å². The molecule has 4 heteroatoms. The molecule has 0 fully saturated rings. The second kappa shape index (κ2) is 8.35. The average Bonchev–Trinajstić information content (AvgIpc) is 2.44. The van der Waals surface area contributed by atoms with E-state index >= 15 is 0 Å². The van der Waals surface area contributed by atoms with Crippen LogP contribution in [0.2, 0.25) is 0 Å². The average molecular weight is 277 g/mol. The number of unbranched alkanes of at least 4 members (excludes halogenated alkanes) is 1. The number of carboxylic acid groups (broad SMARTS) is 1. The van der Waals surface area contributed by atoms with Gasteiger partial charge in [-0.1, -0.05) is 51.0 Å². The molecule has 1 atom stereocenters. The lowest BCUT2D eigenvalue weighted by Gasteiger charge is -2.14. The molecule has 0 aliphatic carbocycles. The van der Waals surface area contributed by atoms with Crippen LogP contribution in [-0.2, 0) is 22.4 Å². The van der Waals surface area contributed by atoms with E-state index in [0.29, 0.717) is 6.42 Å². The lowest BCUT2D eigenvalue weighted by molar-refractivity contribution is -0.142. The Hall–Kier alpha value is -1.84. The second-order valence-corrected chi connectivity index (χ2v) is 4.95. The van der Waals surface area contributed by atoms with Crippen LogP contribution in [0.1, 0.15) is 44.2 Å². The van der Waals surface area contributed by atoms with Crippen molar-refractivity contribution in [1.29, 1.82) is 0 Å². The molecule has 0 aromatic heterocycles. The van der Waals surface area contributed by atoms with Gasteiger partial charge in [-0.15, -0.1) is 0 Å². The van der Waals surface area contributed by atoms with E-state index in [1.54, 1.807) is 0 Å². The Morgan fingerprint density at radius 1 is 1.15 bits per heavy atom. The third-order valence-corrected chi connectivity index (χ3v) is 3.28. The zero-order valence-corrected chi connectivity index (χ0v) is 12.2. The molecule has 0 saturated carbocycles. The number of carbonyl (C=O) groups is 2. The quantitative estimate of drug-likeness (QED) is 0.767. The summed E-state index contributed by atoms with van der Waals surface area (Å²) in [5, 5.41) is 11.7. The van der Waals surface area contributed by atoms with Crippen molar-refractivity contribution in [1.82, 2.24) is 5.32 Å². The fraction of sp³-hybridized carbons (Fsp3) is 0.500. The minimum atomic E-state index is -0.965. The highest BCUT2D eigenvalue weighted by molar-refractivity contribution is 5.84. The number of amides is 1. The number of carbonyl (C=O) groups excluding carboxylic acids is 1. The van der Waals surface area contributed by atoms with Crippen LogP contribution in [0.5, 0.6) is 0 Å². The predicted molar refractivity (Wildman–Crippen MR) is 78.6 cm³/mol. The number of nitrogens with one attached hydrogen (secondary N) is 1. The minimum absolute atomic E-state index is 0.222. The van der Waals surface area contributed by atoms with Crippen molar-refractivity contribution in [2.45, 2.75) is 52.0 Å². The summed E-state index contributed by atoms with van der Waals surface area (Å²) in [6.07, 6.45) is 3.37. The van der Waals surface area contributed by atoms with Crippen molar-refractivity contribution in [2.24, 2.45) is 0 Å². The van der Waals surface area contributed by atoms with Gasteiger partial charge in [0.15, 0.2) is 0 Å². The van der Waals surface area contributed by atoms with Gasteiger partial charge in [-0.2, -0.15) is 0 Å². The predicted octanol–water partition coefficient (Wildman–Crippen LogP) is 2.55. The molecule has 1 aromatic rings. The fourth-order valence-electron chi connectivity index (χ4n) is 1.99. The molecule has 1 unspecified atom stereocenters. The lowest BCUT2D eigenvalue weighted by atomic mass is 10.1. The summed E-state index contributed by atoms with van der Waals surface area (Å²) < 4.78 is 0. The maximum absolute atomic E-state index is 11.9. The van der Waals surface area contributed by atoms with E-state index in [2.05, 4.69) is 12.2 Å². The van der Waals surface area contributed by atoms with E-state index in [9.17, 15) is 9.59 Å². The van der Waals surface area contributed by atoms with E-state index in [-0.39, 0.29) is 12.3 Å². The normalized spacial score (nSPS) is 11.9. The summed E-state index contributed by atoms with van der Waals surface area (Å²) >= 11 is 0. The van der Waals surface area contributed by atoms with Crippen molar-refractivity contribution >= 4 is 11.9 Å². The van der Waals surface area contributed by atoms with Gasteiger partial charge in [-0.3, -0.25) is 4.79 Å². The van der Waals surface area contributed by atoms with Crippen LogP contribution in [0.25, 0.3) is 0 Å². The van der Waals surface area contributed by atoms with E-state index in [1.807, 2.05) is 31.2 Å². The number of carboxylic acids is 1. The molecule has 0 radical (unpaired) electrons. The third kappa shape index (κ3) is 5.43. The highest BCUT2D eigenvalue weighted by Gasteiger charge is 2.19. The molecular formula is C16H23NO3. The molecule has 1 amide bonds. The number of rotatable bonds is 8. The van der Waals surface area contributed by atoms with Gasteiger partial charge in [0.25, 0.3) is 0 Å². The fourth-order valence-corrected chi connectivity index (χ4v) is 1.99. The highest BCUT2D eigenvalue weighted by atomic mass is 16.4. The molecule has 1 rings (SSSR count). The monoisotopic (exact) mass is 277 g/mol. The van der Waals surface area contributed by atoms with Crippen LogP contribution in [0.3, 0.4) is 0 Å². The molecule has 1 aromatic carbocycles. The first-order valence-electron chi connectivity index (χ1n) is 7.16. The third-order valence-electron chi connectivity index (χ3n) is 3.28. The van der Waals surface area contributed by atoms with Crippen LogP contribution < -0.4 is 5.32 Å². The number of aryl methyl sites for hydroxylation is 1. The summed E-state index contributed by atoms with van der Waals surface area (Å²) in [4.78, 5) is 22.9. The van der Waals surface area contributed by atoms with Crippen LogP contribution in [0, 0.1) is 0 Å². The van der Waals surface area contributed by atoms with Gasteiger partial charge in [-0.25, -0.2) is 4.79 Å². The van der Waals surface area contributed by atoms with Crippen molar-refractivity contribution in [3.63, 3.8) is 0 Å². The maximum Gasteiger partial charge on any atom is 0.326 e. The Balaban J connectivity index is 2.53. The lowest BCUT2D eigenvalue weighted by Crippen LogP contribution is -2.41. The Bertz CT molecular complexity index is 440. The largest absolute Gasteiger partial charge is 0.480 e. The van der Waals surface area contributed by atoms with Crippen LogP contribution >= 0.6 is 0 Å². The molecule has 20 heavy (non-hydrogen) atoms. The molecule has 2 N–H and O–H groups in total. The van der Waals surface area contributed by atoms with Crippen molar-refractivity contribution < 1.29 is 14.7 Å². The SMILES string of the molecule is CCCCC(NC(=O)Cc1ccc(CC)cc1)C(=O)O. The Kier molecular flexibility index (Phi) is 6.77. The van der Waals surface area contributed by atoms with Crippen molar-refractivity contribution in [3.05, 3.63) is 35.4 Å². The molecular weight excluding hydrogens is 254 g/mol. The van der Waals surface area contributed by atoms with Crippen LogP contribution in [-0.4, -0.2) is 23.0 Å². The van der Waals surface area contributed by atoms with E-state index in [4.69, 9.17) is 5.11 Å². The summed E-state index contributed by atoms with van der Waals surface area (Å²) in [6, 6.07) is 7.04. The number of benzene rings is 1. The first-order valence-corrected chi connectivity index (χ1v) is 7.16. The molecule has 0 bridgehead atoms. The summed E-state index contributed by atoms with van der Waals surface area (Å²) in [5.41, 5.74) is 2.12. The number of aliphatic carboxylic acids is 1. The molecule has 0 aliphatic heterocycles. The second-order valence-electron chi connectivity index (χ2n) is 4.95. The van der Waals surface area contributed by atoms with Gasteiger partial charge in [-0.05, 0) is 24.0 Å². The van der Waals surface area contributed by atoms with E-state index in [0.717, 1.165) is 24.8 Å². The Morgan fingerprint density at radius 2 is 1.75 bits per heavy atom. The smallest absolute Gasteiger partial charge is 0.326 e. The summed E-state index contributed by atoms with van der Waals surface area (Å²) in [5.74, 6) is -1.20. The Labute approximate surface area is 120 Å². The minimum Gasteiger partial charge on any atom is -0.480 e. The summed E-state index contributed by atoms with van der Waals surface area (Å²) in [6.45, 7) is 4.07. The van der Waals surface area contributed by atoms with Crippen LogP contribution in [0.4, 0.5) is 0 Å². The molecule has 4 nitrogen and oxygen atoms in total. The number of hydrogen-bond acceptors (Lipinski definition) is 2. The van der Waals surface area contributed by atoms with Crippen molar-refractivity contribution in [2.75, 3.05) is 0 Å². The molecule has 0 aliphatic rings. The molecule has 0 saturated heterocycles. The van der Waals surface area contributed by atoms with Gasteiger partial charge < -0.3 is 10.4 Å². The van der Waals surface area contributed by atoms with E-state index < -0.39 is 12.0 Å². The van der Waals surface area contributed by atoms with Gasteiger partial charge in [0.1, 0.15) is 6.04 Å². The zero-order chi connectivity index (χ0) is 15.0. The maximum atomic E-state index is 11.9. The first-order chi connectivity index (χ1) is 9.56. The zero-order valence-electron chi connectivity index (χ0n) is 12.2. The standard InChI is InChI=1S/C16H23NO3/c1-3-5-6-14(16(19)20)17-15(18)11-13-9-7-12(4-2)8-10-13/h7-10,14H,3-6,11H2,1-2H3,(H,17,18)(H,19,20). The first kappa shape index (κ1) is 16.2. The number of hydrogen-bond donors (Lipinski definition) is 2. The summed E-state index contributed by atoms with van der Waals surface area (Å²) in [7, 11) is 0. The Morgan fingerprint density at radius 3 is 2.25 bits per heavy atom. The van der Waals surface area contributed by atoms with Gasteiger partial charge in [0, 0.05) is 0 Å². The van der Waals surface area contributed by atoms with Crippen LogP contribution in [0.15, 0.2) is 24.3 Å². The van der Waals surface area contributed by atoms with E-state index in [1.165, 1.54) is 5.56 Å². The molecule has 0 heterocycles. The van der Waals surface area contributed by atoms with Gasteiger partial charge in [0.05, 0.1) is 6.42 Å². The molecule has 110 valence electrons. The topological polar surface area (TPSA) is 66.4 Å². The molecule has 0 spiro atoms. The van der Waals surface area contributed by atoms with Crippen molar-refractivity contribution in [3.8, 4) is 0 Å².